The van der Waals surface area contributed by atoms with E-state index in [4.69, 9.17) is 16.7 Å². The lowest BCUT2D eigenvalue weighted by atomic mass is 10.1. The Kier molecular flexibility index (Phi) is 3.90. The van der Waals surface area contributed by atoms with Gasteiger partial charge in [0.15, 0.2) is 0 Å². The molecule has 0 atom stereocenters. The van der Waals surface area contributed by atoms with Crippen LogP contribution in [0, 0.1) is 5.82 Å². The molecule has 0 aliphatic carbocycles. The van der Waals surface area contributed by atoms with Gasteiger partial charge in [-0.15, -0.1) is 0 Å². The standard InChI is InChI=1S/C11H12ClFN2O4S/c1-19-11(16)8-2-6(13)3-9(10(8)12)15-4-7(5-15)20(14,17)18/h2-3,7H,4-5H2,1H3,(H2,14,17,18). The Morgan fingerprint density at radius 3 is 2.60 bits per heavy atom. The van der Waals surface area contributed by atoms with Gasteiger partial charge in [-0.05, 0) is 12.1 Å². The number of rotatable bonds is 3. The van der Waals surface area contributed by atoms with Crippen LogP contribution in [0.5, 0.6) is 0 Å². The van der Waals surface area contributed by atoms with Gasteiger partial charge < -0.3 is 9.64 Å². The predicted molar refractivity (Wildman–Crippen MR) is 71.9 cm³/mol. The third-order valence-corrected chi connectivity index (χ3v) is 4.70. The summed E-state index contributed by atoms with van der Waals surface area (Å²) in [5, 5.41) is 4.31. The van der Waals surface area contributed by atoms with E-state index in [1.807, 2.05) is 0 Å². The Morgan fingerprint density at radius 1 is 1.50 bits per heavy atom. The normalized spacial score (nSPS) is 15.9. The van der Waals surface area contributed by atoms with Crippen LogP contribution in [0.1, 0.15) is 10.4 Å². The second-order valence-corrected chi connectivity index (χ2v) is 6.62. The maximum atomic E-state index is 13.5. The minimum Gasteiger partial charge on any atom is -0.465 e. The molecule has 1 heterocycles. The largest absolute Gasteiger partial charge is 0.465 e. The lowest BCUT2D eigenvalue weighted by Gasteiger charge is -2.40. The molecule has 9 heteroatoms. The summed E-state index contributed by atoms with van der Waals surface area (Å²) >= 11 is 6.03. The Morgan fingerprint density at radius 2 is 2.10 bits per heavy atom. The maximum absolute atomic E-state index is 13.5. The average molecular weight is 323 g/mol. The second-order valence-electron chi connectivity index (χ2n) is 4.39. The van der Waals surface area contributed by atoms with Crippen LogP contribution < -0.4 is 10.0 Å². The number of primary sulfonamides is 1. The molecule has 1 fully saturated rings. The maximum Gasteiger partial charge on any atom is 0.339 e. The molecule has 0 amide bonds. The Bertz CT molecular complexity index is 659. The van der Waals surface area contributed by atoms with Crippen molar-refractivity contribution in [2.45, 2.75) is 5.25 Å². The Balaban J connectivity index is 2.31. The fourth-order valence-corrected chi connectivity index (χ4v) is 2.99. The summed E-state index contributed by atoms with van der Waals surface area (Å²) in [6.45, 7) is 0.200. The molecule has 0 radical (unpaired) electrons. The van der Waals surface area contributed by atoms with Crippen LogP contribution in [0.2, 0.25) is 5.02 Å². The number of esters is 1. The van der Waals surface area contributed by atoms with Gasteiger partial charge in [0.25, 0.3) is 0 Å². The number of sulfonamides is 1. The van der Waals surface area contributed by atoms with Crippen LogP contribution in [0.15, 0.2) is 12.1 Å². The van der Waals surface area contributed by atoms with Crippen LogP contribution in [0.3, 0.4) is 0 Å². The molecule has 1 aromatic carbocycles. The van der Waals surface area contributed by atoms with Crippen molar-refractivity contribution in [1.82, 2.24) is 0 Å². The average Bonchev–Trinajstić information content (AvgIpc) is 2.28. The first-order chi connectivity index (χ1) is 9.24. The van der Waals surface area contributed by atoms with Gasteiger partial charge in [-0.25, -0.2) is 22.7 Å². The van der Waals surface area contributed by atoms with Crippen LogP contribution in [-0.2, 0) is 14.8 Å². The molecule has 20 heavy (non-hydrogen) atoms. The number of ether oxygens (including phenoxy) is 1. The van der Waals surface area contributed by atoms with Crippen LogP contribution in [-0.4, -0.2) is 39.8 Å². The van der Waals surface area contributed by atoms with Crippen molar-refractivity contribution >= 4 is 33.3 Å². The molecule has 1 aliphatic heterocycles. The summed E-state index contributed by atoms with van der Waals surface area (Å²) in [5.41, 5.74) is 0.134. The van der Waals surface area contributed by atoms with Gasteiger partial charge in [0.05, 0.1) is 23.4 Å². The molecule has 2 N–H and O–H groups in total. The molecule has 0 bridgehead atoms. The number of benzene rings is 1. The van der Waals surface area contributed by atoms with Gasteiger partial charge in [-0.2, -0.15) is 0 Å². The lowest BCUT2D eigenvalue weighted by molar-refractivity contribution is 0.0600. The summed E-state index contributed by atoms with van der Waals surface area (Å²) in [6.07, 6.45) is 0. The summed E-state index contributed by atoms with van der Waals surface area (Å²) in [6, 6.07) is 2.10. The Hall–Kier alpha value is -1.38. The van der Waals surface area contributed by atoms with Crippen molar-refractivity contribution in [3.8, 4) is 0 Å². The van der Waals surface area contributed by atoms with E-state index >= 15 is 0 Å². The van der Waals surface area contributed by atoms with Gasteiger partial charge in [-0.1, -0.05) is 11.6 Å². The van der Waals surface area contributed by atoms with E-state index in [-0.39, 0.29) is 29.4 Å². The summed E-state index contributed by atoms with van der Waals surface area (Å²) < 4.78 is 40.3. The fraction of sp³-hybridized carbons (Fsp3) is 0.364. The van der Waals surface area contributed by atoms with Crippen molar-refractivity contribution in [1.29, 1.82) is 0 Å². The molecule has 1 aliphatic rings. The number of methoxy groups -OCH3 is 1. The summed E-state index contributed by atoms with van der Waals surface area (Å²) in [4.78, 5) is 13.0. The van der Waals surface area contributed by atoms with Gasteiger partial charge in [0.1, 0.15) is 11.1 Å². The zero-order valence-electron chi connectivity index (χ0n) is 10.5. The molecule has 1 saturated heterocycles. The van der Waals surface area contributed by atoms with Crippen molar-refractivity contribution in [3.63, 3.8) is 0 Å². The topological polar surface area (TPSA) is 89.7 Å². The molecule has 110 valence electrons. The van der Waals surface area contributed by atoms with Gasteiger partial charge in [0.2, 0.25) is 10.0 Å². The number of hydrogen-bond donors (Lipinski definition) is 1. The quantitative estimate of drug-likeness (QED) is 0.829. The first kappa shape index (κ1) is 15.0. The molecule has 0 spiro atoms. The third-order valence-electron chi connectivity index (χ3n) is 3.08. The highest BCUT2D eigenvalue weighted by atomic mass is 35.5. The molecule has 0 aromatic heterocycles. The van der Waals surface area contributed by atoms with E-state index in [1.165, 1.54) is 4.90 Å². The summed E-state index contributed by atoms with van der Waals surface area (Å²) in [7, 11) is -2.47. The number of carbonyl (C=O) groups is 1. The number of nitrogens with two attached hydrogens (primary N) is 1. The van der Waals surface area contributed by atoms with E-state index in [9.17, 15) is 17.6 Å². The highest BCUT2D eigenvalue weighted by Gasteiger charge is 2.37. The smallest absolute Gasteiger partial charge is 0.339 e. The van der Waals surface area contributed by atoms with Crippen LogP contribution >= 0.6 is 11.6 Å². The minimum absolute atomic E-state index is 0.0196. The molecular weight excluding hydrogens is 311 g/mol. The SMILES string of the molecule is COC(=O)c1cc(F)cc(N2CC(S(N)(=O)=O)C2)c1Cl. The van der Waals surface area contributed by atoms with E-state index in [0.29, 0.717) is 0 Å². The zero-order valence-corrected chi connectivity index (χ0v) is 12.0. The molecule has 0 saturated carbocycles. The number of hydrogen-bond acceptors (Lipinski definition) is 5. The lowest BCUT2D eigenvalue weighted by Crippen LogP contribution is -2.56. The number of anilines is 1. The molecule has 1 aromatic rings. The van der Waals surface area contributed by atoms with Crippen LogP contribution in [0.25, 0.3) is 0 Å². The van der Waals surface area contributed by atoms with Crippen molar-refractivity contribution in [2.75, 3.05) is 25.1 Å². The minimum atomic E-state index is -3.63. The molecule has 2 rings (SSSR count). The fourth-order valence-electron chi connectivity index (χ4n) is 1.91. The molecule has 6 nitrogen and oxygen atoms in total. The second kappa shape index (κ2) is 5.19. The highest BCUT2D eigenvalue weighted by Crippen LogP contribution is 2.34. The third kappa shape index (κ3) is 2.72. The molecular formula is C11H12ClFN2O4S. The monoisotopic (exact) mass is 322 g/mol. The Labute approximate surface area is 120 Å². The van der Waals surface area contributed by atoms with E-state index in [0.717, 1.165) is 19.2 Å². The number of nitrogens with zero attached hydrogens (tertiary/aromatic N) is 1. The predicted octanol–water partition coefficient (Wildman–Crippen LogP) is 0.743. The van der Waals surface area contributed by atoms with Gasteiger partial charge >= 0.3 is 5.97 Å². The van der Waals surface area contributed by atoms with E-state index < -0.39 is 27.1 Å². The molecule has 0 unspecified atom stereocenters. The van der Waals surface area contributed by atoms with E-state index in [2.05, 4.69) is 4.74 Å². The first-order valence-corrected chi connectivity index (χ1v) is 7.56. The van der Waals surface area contributed by atoms with Gasteiger partial charge in [0, 0.05) is 13.1 Å². The van der Waals surface area contributed by atoms with Crippen molar-refractivity contribution in [3.05, 3.63) is 28.5 Å². The number of carbonyl (C=O) groups excluding carboxylic acids is 1. The summed E-state index contributed by atoms with van der Waals surface area (Å²) in [5.74, 6) is -1.43. The van der Waals surface area contributed by atoms with Crippen molar-refractivity contribution in [2.24, 2.45) is 5.14 Å². The van der Waals surface area contributed by atoms with Crippen LogP contribution in [0.4, 0.5) is 10.1 Å². The highest BCUT2D eigenvalue weighted by molar-refractivity contribution is 7.89. The first-order valence-electron chi connectivity index (χ1n) is 5.58. The zero-order chi connectivity index (χ0) is 15.1. The van der Waals surface area contributed by atoms with Crippen molar-refractivity contribution < 1.29 is 22.3 Å². The van der Waals surface area contributed by atoms with E-state index in [1.54, 1.807) is 0 Å². The number of halogens is 2. The van der Waals surface area contributed by atoms with Gasteiger partial charge in [-0.3, -0.25) is 0 Å².